The first kappa shape index (κ1) is 21.7. The van der Waals surface area contributed by atoms with Gasteiger partial charge >= 0.3 is 0 Å². The fourth-order valence-corrected chi connectivity index (χ4v) is 6.99. The minimum atomic E-state index is 0.245. The first-order chi connectivity index (χ1) is 16.4. The van der Waals surface area contributed by atoms with E-state index in [0.717, 1.165) is 0 Å². The maximum Gasteiger partial charge on any atom is 0.0143 e. The molecule has 0 radical (unpaired) electrons. The van der Waals surface area contributed by atoms with Gasteiger partial charge in [0.1, 0.15) is 0 Å². The maximum absolute atomic E-state index is 2.41. The number of hydrogen-bond donors (Lipinski definition) is 0. The predicted molar refractivity (Wildman–Crippen MR) is 144 cm³/mol. The van der Waals surface area contributed by atoms with Crippen LogP contribution in [-0.2, 0) is 10.8 Å². The second-order valence-corrected chi connectivity index (χ2v) is 11.8. The first-order valence-electron chi connectivity index (χ1n) is 12.5. The van der Waals surface area contributed by atoms with Gasteiger partial charge in [0.15, 0.2) is 0 Å². The molecular formula is C33H32S. The lowest BCUT2D eigenvalue weighted by atomic mass is 9.87. The Morgan fingerprint density at radius 1 is 0.618 bits per heavy atom. The van der Waals surface area contributed by atoms with Crippen LogP contribution in [0.5, 0.6) is 0 Å². The van der Waals surface area contributed by atoms with Crippen molar-refractivity contribution in [2.45, 2.75) is 66.6 Å². The molecule has 0 heterocycles. The lowest BCUT2D eigenvalue weighted by Crippen LogP contribution is -2.06. The van der Waals surface area contributed by atoms with E-state index in [4.69, 9.17) is 0 Å². The number of hydrogen-bond acceptors (Lipinski definition) is 1. The van der Waals surface area contributed by atoms with Crippen LogP contribution in [0.2, 0.25) is 0 Å². The largest absolute Gasteiger partial charge is 0.0901 e. The Bertz CT molecular complexity index is 1310. The number of aryl methyl sites for hydroxylation is 2. The smallest absolute Gasteiger partial charge is 0.0143 e. The van der Waals surface area contributed by atoms with E-state index < -0.39 is 0 Å². The minimum absolute atomic E-state index is 0.245. The lowest BCUT2D eigenvalue weighted by Gasteiger charge is -2.16. The van der Waals surface area contributed by atoms with Gasteiger partial charge in [-0.3, -0.25) is 0 Å². The third kappa shape index (κ3) is 3.28. The van der Waals surface area contributed by atoms with Crippen molar-refractivity contribution in [2.75, 3.05) is 0 Å². The summed E-state index contributed by atoms with van der Waals surface area (Å²) in [6, 6.07) is 37.0. The number of rotatable bonds is 6. The zero-order chi connectivity index (χ0) is 23.5. The summed E-state index contributed by atoms with van der Waals surface area (Å²) in [6.45, 7) is 8.87. The highest BCUT2D eigenvalue weighted by Crippen LogP contribution is 2.93. The van der Waals surface area contributed by atoms with E-state index in [0.29, 0.717) is 11.8 Å². The molecule has 0 nitrogen and oxygen atoms in total. The third-order valence-corrected chi connectivity index (χ3v) is 9.28. The van der Waals surface area contributed by atoms with E-state index in [9.17, 15) is 0 Å². The van der Waals surface area contributed by atoms with Gasteiger partial charge in [0.25, 0.3) is 0 Å². The molecule has 4 aromatic carbocycles. The Labute approximate surface area is 208 Å². The van der Waals surface area contributed by atoms with E-state index in [1.807, 2.05) is 11.8 Å². The van der Waals surface area contributed by atoms with Crippen molar-refractivity contribution >= 4 is 11.8 Å². The van der Waals surface area contributed by atoms with Gasteiger partial charge in [-0.2, -0.15) is 0 Å². The molecule has 0 aliphatic heterocycles. The second-order valence-electron chi connectivity index (χ2n) is 10.7. The van der Waals surface area contributed by atoms with Gasteiger partial charge in [-0.1, -0.05) is 110 Å². The molecular weight excluding hydrogens is 428 g/mol. The highest BCUT2D eigenvalue weighted by molar-refractivity contribution is 7.99. The van der Waals surface area contributed by atoms with Gasteiger partial charge in [-0.15, -0.1) is 0 Å². The van der Waals surface area contributed by atoms with Crippen LogP contribution in [0.4, 0.5) is 0 Å². The van der Waals surface area contributed by atoms with Crippen LogP contribution in [0.15, 0.2) is 107 Å². The molecule has 2 fully saturated rings. The van der Waals surface area contributed by atoms with Crippen LogP contribution >= 0.6 is 11.8 Å². The highest BCUT2D eigenvalue weighted by Gasteiger charge is 2.91. The molecule has 0 bridgehead atoms. The molecule has 6 rings (SSSR count). The molecule has 2 saturated carbocycles. The van der Waals surface area contributed by atoms with Crippen LogP contribution in [0.3, 0.4) is 0 Å². The fourth-order valence-electron chi connectivity index (χ4n) is 6.18. The standard InChI is InChI=1S/C33H32S/c1-22(2)25-11-13-27(14-12-25)32-21-33(32,31(32)26-9-5-23(3)6-10-26)28-15-19-30(20-16-28)34-29-17-7-24(4)8-18-29/h5-20,22,31H,21H2,1-4H3. The predicted octanol–water partition coefficient (Wildman–Crippen LogP) is 8.95. The van der Waals surface area contributed by atoms with Crippen LogP contribution in [0.25, 0.3) is 0 Å². The molecule has 34 heavy (non-hydrogen) atoms. The summed E-state index contributed by atoms with van der Waals surface area (Å²) in [7, 11) is 0. The molecule has 2 aliphatic carbocycles. The molecule has 1 heteroatoms. The van der Waals surface area contributed by atoms with Crippen molar-refractivity contribution < 1.29 is 0 Å². The fraction of sp³-hybridized carbons (Fsp3) is 0.273. The van der Waals surface area contributed by atoms with Crippen LogP contribution in [-0.4, -0.2) is 0 Å². The topological polar surface area (TPSA) is 0 Å². The lowest BCUT2D eigenvalue weighted by molar-refractivity contribution is 0.676. The van der Waals surface area contributed by atoms with Crippen LogP contribution in [0.1, 0.15) is 65.5 Å². The summed E-state index contributed by atoms with van der Waals surface area (Å²) in [5, 5.41) is 0. The van der Waals surface area contributed by atoms with Crippen LogP contribution in [0, 0.1) is 13.8 Å². The van der Waals surface area contributed by atoms with E-state index in [-0.39, 0.29) is 10.8 Å². The Balaban J connectivity index is 1.33. The highest BCUT2D eigenvalue weighted by atomic mass is 32.2. The monoisotopic (exact) mass is 460 g/mol. The molecule has 0 aromatic heterocycles. The van der Waals surface area contributed by atoms with E-state index in [1.165, 1.54) is 49.6 Å². The quantitative estimate of drug-likeness (QED) is 0.277. The molecule has 0 amide bonds. The van der Waals surface area contributed by atoms with Crippen molar-refractivity contribution in [1.29, 1.82) is 0 Å². The second kappa shape index (κ2) is 7.89. The normalized spacial score (nSPS) is 24.7. The van der Waals surface area contributed by atoms with Gasteiger partial charge in [0.05, 0.1) is 0 Å². The van der Waals surface area contributed by atoms with Crippen molar-refractivity contribution in [3.8, 4) is 0 Å². The van der Waals surface area contributed by atoms with E-state index >= 15 is 0 Å². The van der Waals surface area contributed by atoms with Crippen molar-refractivity contribution in [1.82, 2.24) is 0 Å². The summed E-state index contributed by atoms with van der Waals surface area (Å²) in [4.78, 5) is 2.61. The minimum Gasteiger partial charge on any atom is -0.0901 e. The Morgan fingerprint density at radius 2 is 1.06 bits per heavy atom. The number of fused-ring (bicyclic) bond motifs is 1. The molecule has 3 atom stereocenters. The van der Waals surface area contributed by atoms with Gasteiger partial charge in [0.2, 0.25) is 0 Å². The molecule has 2 aliphatic rings. The zero-order valence-corrected chi connectivity index (χ0v) is 21.3. The van der Waals surface area contributed by atoms with Crippen LogP contribution < -0.4 is 0 Å². The SMILES string of the molecule is Cc1ccc(Sc2ccc(C34CC3(c3ccc(C(C)C)cc3)C4c3ccc(C)cc3)cc2)cc1. The molecule has 0 N–H and O–H groups in total. The number of benzene rings is 4. The first-order valence-corrected chi connectivity index (χ1v) is 13.3. The van der Waals surface area contributed by atoms with Gasteiger partial charge in [-0.25, -0.2) is 0 Å². The van der Waals surface area contributed by atoms with Crippen molar-refractivity contribution in [2.24, 2.45) is 0 Å². The van der Waals surface area contributed by atoms with Gasteiger partial charge in [0, 0.05) is 26.5 Å². The molecule has 4 aromatic rings. The van der Waals surface area contributed by atoms with Crippen molar-refractivity contribution in [3.63, 3.8) is 0 Å². The van der Waals surface area contributed by atoms with Crippen molar-refractivity contribution in [3.05, 3.63) is 130 Å². The average molecular weight is 461 g/mol. The zero-order valence-electron chi connectivity index (χ0n) is 20.5. The maximum atomic E-state index is 2.41. The molecule has 3 unspecified atom stereocenters. The molecule has 0 saturated heterocycles. The summed E-state index contributed by atoms with van der Waals surface area (Å²) >= 11 is 1.85. The summed E-state index contributed by atoms with van der Waals surface area (Å²) in [5.41, 5.74) is 9.07. The van der Waals surface area contributed by atoms with E-state index in [1.54, 1.807) is 0 Å². The van der Waals surface area contributed by atoms with Gasteiger partial charge < -0.3 is 0 Å². The Hall–Kier alpha value is -2.77. The molecule has 0 spiro atoms. The van der Waals surface area contributed by atoms with E-state index in [2.05, 4.69) is 125 Å². The molecule has 170 valence electrons. The summed E-state index contributed by atoms with van der Waals surface area (Å²) in [6.07, 6.45) is 1.25. The average Bonchev–Trinajstić information content (AvgIpc) is 3.70. The Morgan fingerprint density at radius 3 is 1.56 bits per heavy atom. The third-order valence-electron chi connectivity index (χ3n) is 8.26. The van der Waals surface area contributed by atoms with Gasteiger partial charge in [-0.05, 0) is 72.7 Å². The Kier molecular flexibility index (Phi) is 5.04. The summed E-state index contributed by atoms with van der Waals surface area (Å²) in [5.74, 6) is 1.14. The summed E-state index contributed by atoms with van der Waals surface area (Å²) < 4.78 is 0.